The molecule has 0 saturated heterocycles. The first-order valence-corrected chi connectivity index (χ1v) is 5.49. The van der Waals surface area contributed by atoms with E-state index in [-0.39, 0.29) is 0 Å². The summed E-state index contributed by atoms with van der Waals surface area (Å²) in [6, 6.07) is 0. The normalized spacial score (nSPS) is 15.6. The van der Waals surface area contributed by atoms with Gasteiger partial charge in [0, 0.05) is 5.92 Å². The fourth-order valence-corrected chi connectivity index (χ4v) is 1.81. The Bertz CT molecular complexity index is 516. The van der Waals surface area contributed by atoms with Gasteiger partial charge in [0.1, 0.15) is 12.4 Å². The second kappa shape index (κ2) is 3.55. The molecule has 1 aliphatic rings. The first-order valence-electron chi connectivity index (χ1n) is 5.12. The average molecular weight is 240 g/mol. The molecule has 3 rings (SSSR count). The summed E-state index contributed by atoms with van der Waals surface area (Å²) < 4.78 is 6.88. The van der Waals surface area contributed by atoms with Gasteiger partial charge in [-0.25, -0.2) is 0 Å². The standard InChI is InChI=1S/C9H10ClN5O/c1-5-11-7(16-14-5)4-15-8(6-2-3-6)12-13-9(15)10/h6H,2-4H2,1H3. The number of aromatic nitrogens is 5. The Labute approximate surface area is 96.6 Å². The van der Waals surface area contributed by atoms with Crippen molar-refractivity contribution >= 4 is 11.6 Å². The number of hydrogen-bond acceptors (Lipinski definition) is 5. The van der Waals surface area contributed by atoms with Crippen LogP contribution in [0.15, 0.2) is 4.52 Å². The van der Waals surface area contributed by atoms with E-state index >= 15 is 0 Å². The second-order valence-corrected chi connectivity index (χ2v) is 4.26. The minimum Gasteiger partial charge on any atom is -0.337 e. The van der Waals surface area contributed by atoms with Crippen LogP contribution in [0.3, 0.4) is 0 Å². The van der Waals surface area contributed by atoms with Gasteiger partial charge in [0.25, 0.3) is 0 Å². The van der Waals surface area contributed by atoms with Crippen molar-refractivity contribution in [2.45, 2.75) is 32.2 Å². The van der Waals surface area contributed by atoms with E-state index in [0.29, 0.717) is 29.5 Å². The Morgan fingerprint density at radius 3 is 2.88 bits per heavy atom. The first kappa shape index (κ1) is 9.77. The van der Waals surface area contributed by atoms with Gasteiger partial charge in [-0.3, -0.25) is 4.57 Å². The third-order valence-electron chi connectivity index (χ3n) is 2.54. The third-order valence-corrected chi connectivity index (χ3v) is 2.82. The summed E-state index contributed by atoms with van der Waals surface area (Å²) >= 11 is 5.97. The van der Waals surface area contributed by atoms with Gasteiger partial charge in [-0.1, -0.05) is 5.16 Å². The van der Waals surface area contributed by atoms with E-state index in [1.807, 2.05) is 4.57 Å². The van der Waals surface area contributed by atoms with Gasteiger partial charge >= 0.3 is 0 Å². The molecule has 0 unspecified atom stereocenters. The van der Waals surface area contributed by atoms with Gasteiger partial charge in [0.05, 0.1) is 0 Å². The number of aryl methyl sites for hydroxylation is 1. The predicted molar refractivity (Wildman–Crippen MR) is 55.1 cm³/mol. The topological polar surface area (TPSA) is 69.6 Å². The fraction of sp³-hybridized carbons (Fsp3) is 0.556. The van der Waals surface area contributed by atoms with Crippen LogP contribution in [-0.2, 0) is 6.54 Å². The summed E-state index contributed by atoms with van der Waals surface area (Å²) in [5.41, 5.74) is 0. The summed E-state index contributed by atoms with van der Waals surface area (Å²) in [4.78, 5) is 4.13. The molecule has 2 aromatic heterocycles. The van der Waals surface area contributed by atoms with Crippen LogP contribution in [-0.4, -0.2) is 24.9 Å². The highest BCUT2D eigenvalue weighted by Crippen LogP contribution is 2.39. The van der Waals surface area contributed by atoms with Crippen molar-refractivity contribution < 1.29 is 4.52 Å². The van der Waals surface area contributed by atoms with E-state index in [9.17, 15) is 0 Å². The quantitative estimate of drug-likeness (QED) is 0.813. The average Bonchev–Trinajstić information content (AvgIpc) is 2.93. The molecule has 7 heteroatoms. The number of hydrogen-bond donors (Lipinski definition) is 0. The molecule has 0 bridgehead atoms. The van der Waals surface area contributed by atoms with E-state index in [1.54, 1.807) is 6.92 Å². The fourth-order valence-electron chi connectivity index (χ4n) is 1.62. The van der Waals surface area contributed by atoms with E-state index in [0.717, 1.165) is 18.7 Å². The lowest BCUT2D eigenvalue weighted by atomic mass is 10.4. The molecule has 2 aromatic rings. The predicted octanol–water partition coefficient (Wildman–Crippen LogP) is 1.55. The maximum atomic E-state index is 5.97. The molecule has 0 aliphatic heterocycles. The molecule has 16 heavy (non-hydrogen) atoms. The Kier molecular flexibility index (Phi) is 2.17. The van der Waals surface area contributed by atoms with Crippen LogP contribution in [0.4, 0.5) is 0 Å². The molecule has 0 radical (unpaired) electrons. The van der Waals surface area contributed by atoms with Crippen LogP contribution < -0.4 is 0 Å². The van der Waals surface area contributed by atoms with Gasteiger partial charge in [0.15, 0.2) is 5.82 Å². The molecule has 0 N–H and O–H groups in total. The summed E-state index contributed by atoms with van der Waals surface area (Å²) in [7, 11) is 0. The first-order chi connectivity index (χ1) is 7.74. The molecular formula is C9H10ClN5O. The molecule has 0 aromatic carbocycles. The molecule has 0 amide bonds. The minimum atomic E-state index is 0.373. The van der Waals surface area contributed by atoms with Crippen LogP contribution in [0.5, 0.6) is 0 Å². The van der Waals surface area contributed by atoms with Crippen molar-refractivity contribution in [3.05, 3.63) is 22.8 Å². The van der Waals surface area contributed by atoms with Crippen LogP contribution >= 0.6 is 11.6 Å². The monoisotopic (exact) mass is 239 g/mol. The van der Waals surface area contributed by atoms with Crippen molar-refractivity contribution in [2.75, 3.05) is 0 Å². The van der Waals surface area contributed by atoms with Crippen LogP contribution in [0.25, 0.3) is 0 Å². The zero-order valence-corrected chi connectivity index (χ0v) is 9.48. The molecular weight excluding hydrogens is 230 g/mol. The van der Waals surface area contributed by atoms with Gasteiger partial charge in [-0.15, -0.1) is 10.2 Å². The molecule has 1 aliphatic carbocycles. The Morgan fingerprint density at radius 2 is 2.25 bits per heavy atom. The zero-order valence-electron chi connectivity index (χ0n) is 8.72. The van der Waals surface area contributed by atoms with Gasteiger partial charge < -0.3 is 4.52 Å². The second-order valence-electron chi connectivity index (χ2n) is 3.92. The highest BCUT2D eigenvalue weighted by molar-refractivity contribution is 6.28. The maximum absolute atomic E-state index is 5.97. The number of nitrogens with zero attached hydrogens (tertiary/aromatic N) is 5. The molecule has 1 fully saturated rings. The van der Waals surface area contributed by atoms with E-state index in [1.165, 1.54) is 0 Å². The lowest BCUT2D eigenvalue weighted by Gasteiger charge is -2.02. The molecule has 1 saturated carbocycles. The van der Waals surface area contributed by atoms with Gasteiger partial charge in [-0.2, -0.15) is 4.98 Å². The van der Waals surface area contributed by atoms with Gasteiger partial charge in [0.2, 0.25) is 11.2 Å². The highest BCUT2D eigenvalue weighted by atomic mass is 35.5. The van der Waals surface area contributed by atoms with Crippen molar-refractivity contribution in [1.29, 1.82) is 0 Å². The Hall–Kier alpha value is -1.43. The molecule has 6 nitrogen and oxygen atoms in total. The van der Waals surface area contributed by atoms with E-state index in [2.05, 4.69) is 20.3 Å². The summed E-state index contributed by atoms with van der Waals surface area (Å²) in [6.07, 6.45) is 2.30. The van der Waals surface area contributed by atoms with Crippen LogP contribution in [0.2, 0.25) is 5.28 Å². The highest BCUT2D eigenvalue weighted by Gasteiger charge is 2.30. The third kappa shape index (κ3) is 1.69. The lowest BCUT2D eigenvalue weighted by Crippen LogP contribution is -2.05. The number of rotatable bonds is 3. The summed E-state index contributed by atoms with van der Waals surface area (Å²) in [5.74, 6) is 2.55. The summed E-state index contributed by atoms with van der Waals surface area (Å²) in [6.45, 7) is 2.22. The molecule has 0 atom stereocenters. The maximum Gasteiger partial charge on any atom is 0.246 e. The smallest absolute Gasteiger partial charge is 0.246 e. The summed E-state index contributed by atoms with van der Waals surface area (Å²) in [5, 5.41) is 12.0. The van der Waals surface area contributed by atoms with Gasteiger partial charge in [-0.05, 0) is 31.4 Å². The largest absolute Gasteiger partial charge is 0.337 e. The minimum absolute atomic E-state index is 0.373. The van der Waals surface area contributed by atoms with Crippen molar-refractivity contribution in [3.8, 4) is 0 Å². The van der Waals surface area contributed by atoms with Crippen molar-refractivity contribution in [1.82, 2.24) is 24.9 Å². The van der Waals surface area contributed by atoms with E-state index < -0.39 is 0 Å². The van der Waals surface area contributed by atoms with Crippen molar-refractivity contribution in [2.24, 2.45) is 0 Å². The van der Waals surface area contributed by atoms with Crippen LogP contribution in [0, 0.1) is 6.92 Å². The zero-order chi connectivity index (χ0) is 11.1. The molecule has 2 heterocycles. The Morgan fingerprint density at radius 1 is 1.44 bits per heavy atom. The lowest BCUT2D eigenvalue weighted by molar-refractivity contribution is 0.366. The van der Waals surface area contributed by atoms with Crippen LogP contribution in [0.1, 0.15) is 36.3 Å². The molecule has 0 spiro atoms. The van der Waals surface area contributed by atoms with Crippen molar-refractivity contribution in [3.63, 3.8) is 0 Å². The SMILES string of the molecule is Cc1noc(Cn2c(Cl)nnc2C2CC2)n1. The van der Waals surface area contributed by atoms with E-state index in [4.69, 9.17) is 16.1 Å². The number of halogens is 1. The Balaban J connectivity index is 1.90. The molecule has 84 valence electrons.